The summed E-state index contributed by atoms with van der Waals surface area (Å²) in [6.07, 6.45) is 2.79. The Morgan fingerprint density at radius 3 is 2.89 bits per heavy atom. The van der Waals surface area contributed by atoms with E-state index < -0.39 is 0 Å². The number of hydrogen-bond donors (Lipinski definition) is 1. The molecule has 1 unspecified atom stereocenters. The van der Waals surface area contributed by atoms with E-state index in [0.29, 0.717) is 6.04 Å². The fourth-order valence-electron chi connectivity index (χ4n) is 2.60. The van der Waals surface area contributed by atoms with Crippen molar-refractivity contribution >= 4 is 11.3 Å². The van der Waals surface area contributed by atoms with Crippen LogP contribution in [0.2, 0.25) is 0 Å². The van der Waals surface area contributed by atoms with Gasteiger partial charge in [0.2, 0.25) is 0 Å². The number of rotatable bonds is 6. The highest BCUT2D eigenvalue weighted by Crippen LogP contribution is 2.42. The molecule has 1 aromatic rings. The van der Waals surface area contributed by atoms with E-state index in [2.05, 4.69) is 27.7 Å². The molecular formula is C14H22N2OS. The fraction of sp³-hybridized carbons (Fsp3) is 0.714. The van der Waals surface area contributed by atoms with Crippen LogP contribution >= 0.6 is 11.3 Å². The lowest BCUT2D eigenvalue weighted by Gasteiger charge is -2.27. The van der Waals surface area contributed by atoms with Gasteiger partial charge in [-0.05, 0) is 30.2 Å². The van der Waals surface area contributed by atoms with Crippen LogP contribution in [-0.2, 0) is 4.74 Å². The van der Waals surface area contributed by atoms with Crippen molar-refractivity contribution in [3.8, 4) is 0 Å². The molecule has 0 bridgehead atoms. The maximum absolute atomic E-state index is 5.37. The molecule has 1 saturated carbocycles. The summed E-state index contributed by atoms with van der Waals surface area (Å²) in [6, 6.07) is 5.04. The first-order chi connectivity index (χ1) is 8.93. The summed E-state index contributed by atoms with van der Waals surface area (Å²) in [4.78, 5) is 4.01. The Bertz CT molecular complexity index is 345. The molecule has 3 nitrogen and oxygen atoms in total. The van der Waals surface area contributed by atoms with Crippen molar-refractivity contribution in [3.63, 3.8) is 0 Å². The molecule has 2 heterocycles. The van der Waals surface area contributed by atoms with E-state index in [-0.39, 0.29) is 0 Å². The molecule has 1 aromatic heterocycles. The van der Waals surface area contributed by atoms with E-state index in [4.69, 9.17) is 4.74 Å². The third kappa shape index (κ3) is 3.32. The maximum atomic E-state index is 5.37. The zero-order valence-corrected chi connectivity index (χ0v) is 11.6. The van der Waals surface area contributed by atoms with Gasteiger partial charge in [-0.15, -0.1) is 11.3 Å². The van der Waals surface area contributed by atoms with E-state index in [1.165, 1.54) is 17.7 Å². The second-order valence-corrected chi connectivity index (χ2v) is 6.22. The van der Waals surface area contributed by atoms with E-state index in [9.17, 15) is 0 Å². The average Bonchev–Trinajstić information content (AvgIpc) is 3.10. The van der Waals surface area contributed by atoms with Gasteiger partial charge in [0.15, 0.2) is 0 Å². The van der Waals surface area contributed by atoms with Gasteiger partial charge in [0.1, 0.15) is 0 Å². The lowest BCUT2D eigenvalue weighted by atomic mass is 10.1. The molecule has 1 aliphatic carbocycles. The quantitative estimate of drug-likeness (QED) is 0.853. The highest BCUT2D eigenvalue weighted by Gasteiger charge is 2.32. The van der Waals surface area contributed by atoms with Crippen LogP contribution in [0.25, 0.3) is 0 Å². The summed E-state index contributed by atoms with van der Waals surface area (Å²) in [5.41, 5.74) is 0. The van der Waals surface area contributed by atoms with Crippen molar-refractivity contribution in [2.75, 3.05) is 39.4 Å². The summed E-state index contributed by atoms with van der Waals surface area (Å²) < 4.78 is 5.37. The van der Waals surface area contributed by atoms with Gasteiger partial charge in [-0.1, -0.05) is 6.07 Å². The summed E-state index contributed by atoms with van der Waals surface area (Å²) in [5.74, 6) is 0.883. The first-order valence-corrected chi connectivity index (χ1v) is 7.88. The smallest absolute Gasteiger partial charge is 0.0594 e. The molecule has 4 heteroatoms. The molecule has 2 fully saturated rings. The van der Waals surface area contributed by atoms with Gasteiger partial charge in [-0.3, -0.25) is 4.90 Å². The van der Waals surface area contributed by atoms with Crippen LogP contribution in [0.15, 0.2) is 17.5 Å². The minimum atomic E-state index is 0.603. The lowest BCUT2D eigenvalue weighted by molar-refractivity contribution is 0.0380. The molecule has 18 heavy (non-hydrogen) atoms. The third-order valence-corrected chi connectivity index (χ3v) is 4.79. The fourth-order valence-corrected chi connectivity index (χ4v) is 3.49. The zero-order chi connectivity index (χ0) is 12.2. The first kappa shape index (κ1) is 12.6. The Balaban J connectivity index is 1.45. The van der Waals surface area contributed by atoms with Crippen LogP contribution in [0, 0.1) is 5.92 Å². The highest BCUT2D eigenvalue weighted by atomic mass is 32.1. The minimum absolute atomic E-state index is 0.603. The van der Waals surface area contributed by atoms with Crippen molar-refractivity contribution < 1.29 is 4.74 Å². The van der Waals surface area contributed by atoms with Crippen molar-refractivity contribution in [1.29, 1.82) is 0 Å². The van der Waals surface area contributed by atoms with Crippen LogP contribution in [0.3, 0.4) is 0 Å². The third-order valence-electron chi connectivity index (χ3n) is 3.84. The molecule has 1 saturated heterocycles. The molecule has 1 aliphatic heterocycles. The monoisotopic (exact) mass is 266 g/mol. The van der Waals surface area contributed by atoms with Gasteiger partial charge in [-0.2, -0.15) is 0 Å². The highest BCUT2D eigenvalue weighted by molar-refractivity contribution is 7.10. The topological polar surface area (TPSA) is 24.5 Å². The van der Waals surface area contributed by atoms with Gasteiger partial charge in [0.05, 0.1) is 13.2 Å². The van der Waals surface area contributed by atoms with Gasteiger partial charge < -0.3 is 10.1 Å². The number of hydrogen-bond acceptors (Lipinski definition) is 4. The molecule has 3 rings (SSSR count). The summed E-state index contributed by atoms with van der Waals surface area (Å²) in [6.45, 7) is 6.23. The predicted octanol–water partition coefficient (Wildman–Crippen LogP) is 2.12. The number of morpholine rings is 1. The number of nitrogens with zero attached hydrogens (tertiary/aromatic N) is 1. The number of ether oxygens (including phenoxy) is 1. The van der Waals surface area contributed by atoms with Gasteiger partial charge in [-0.25, -0.2) is 0 Å². The van der Waals surface area contributed by atoms with E-state index >= 15 is 0 Å². The number of thiophene rings is 1. The maximum Gasteiger partial charge on any atom is 0.0594 e. The van der Waals surface area contributed by atoms with Crippen LogP contribution < -0.4 is 5.32 Å². The van der Waals surface area contributed by atoms with E-state index in [1.807, 2.05) is 11.3 Å². The van der Waals surface area contributed by atoms with Gasteiger partial charge >= 0.3 is 0 Å². The van der Waals surface area contributed by atoms with Crippen molar-refractivity contribution in [3.05, 3.63) is 22.4 Å². The second-order valence-electron chi connectivity index (χ2n) is 5.24. The Hall–Kier alpha value is -0.420. The summed E-state index contributed by atoms with van der Waals surface area (Å²) in [5, 5.41) is 5.95. The molecule has 2 aliphatic rings. The molecule has 100 valence electrons. The number of nitrogens with one attached hydrogen (secondary N) is 1. The Labute approximate surface area is 113 Å². The van der Waals surface area contributed by atoms with Crippen molar-refractivity contribution in [2.45, 2.75) is 18.9 Å². The standard InChI is InChI=1S/C14H22N2OS/c1-2-13(18-11-1)14(12-3-4-12)15-5-6-16-7-9-17-10-8-16/h1-2,11-12,14-15H,3-10H2. The first-order valence-electron chi connectivity index (χ1n) is 7.00. The molecule has 1 N–H and O–H groups in total. The predicted molar refractivity (Wildman–Crippen MR) is 75.0 cm³/mol. The minimum Gasteiger partial charge on any atom is -0.379 e. The largest absolute Gasteiger partial charge is 0.379 e. The molecule has 0 aromatic carbocycles. The lowest BCUT2D eigenvalue weighted by Crippen LogP contribution is -2.41. The van der Waals surface area contributed by atoms with Crippen LogP contribution in [0.1, 0.15) is 23.8 Å². The van der Waals surface area contributed by atoms with Crippen molar-refractivity contribution in [1.82, 2.24) is 10.2 Å². The Morgan fingerprint density at radius 2 is 2.22 bits per heavy atom. The average molecular weight is 266 g/mol. The summed E-state index contributed by atoms with van der Waals surface area (Å²) in [7, 11) is 0. The normalized spacial score (nSPS) is 23.1. The zero-order valence-electron chi connectivity index (χ0n) is 10.8. The molecular weight excluding hydrogens is 244 g/mol. The van der Waals surface area contributed by atoms with Crippen LogP contribution in [0.4, 0.5) is 0 Å². The molecule has 0 amide bonds. The van der Waals surface area contributed by atoms with Gasteiger partial charge in [0.25, 0.3) is 0 Å². The molecule has 0 spiro atoms. The van der Waals surface area contributed by atoms with E-state index in [1.54, 1.807) is 0 Å². The Kier molecular flexibility index (Phi) is 4.31. The van der Waals surface area contributed by atoms with Gasteiger partial charge in [0, 0.05) is 37.1 Å². The van der Waals surface area contributed by atoms with Crippen LogP contribution in [-0.4, -0.2) is 44.3 Å². The summed E-state index contributed by atoms with van der Waals surface area (Å²) >= 11 is 1.89. The molecule has 0 radical (unpaired) electrons. The van der Waals surface area contributed by atoms with Crippen LogP contribution in [0.5, 0.6) is 0 Å². The SMILES string of the molecule is c1csc(C(NCCN2CCOCC2)C2CC2)c1. The Morgan fingerprint density at radius 1 is 1.39 bits per heavy atom. The molecule has 1 atom stereocenters. The van der Waals surface area contributed by atoms with E-state index in [0.717, 1.165) is 45.3 Å². The van der Waals surface area contributed by atoms with Crippen molar-refractivity contribution in [2.24, 2.45) is 5.92 Å². The second kappa shape index (κ2) is 6.15.